The van der Waals surface area contributed by atoms with Crippen LogP contribution in [-0.2, 0) is 0 Å². The predicted molar refractivity (Wildman–Crippen MR) is 103 cm³/mol. The molecular formula is C18H10Cl2N4O3. The first-order valence-electron chi connectivity index (χ1n) is 7.73. The van der Waals surface area contributed by atoms with E-state index in [0.717, 1.165) is 0 Å². The summed E-state index contributed by atoms with van der Waals surface area (Å²) in [6.45, 7) is 0. The van der Waals surface area contributed by atoms with Crippen LogP contribution in [0.2, 0.25) is 10.0 Å². The molecule has 0 atom stereocenters. The number of imidazole rings is 1. The summed E-state index contributed by atoms with van der Waals surface area (Å²) in [6, 6.07) is 11.7. The summed E-state index contributed by atoms with van der Waals surface area (Å²) >= 11 is 12.0. The summed E-state index contributed by atoms with van der Waals surface area (Å²) in [5, 5.41) is 11.3. The zero-order chi connectivity index (χ0) is 19.0. The number of rotatable bonds is 4. The Morgan fingerprint density at radius 1 is 1.19 bits per heavy atom. The van der Waals surface area contributed by atoms with Gasteiger partial charge in [-0.15, -0.1) is 0 Å². The Kier molecular flexibility index (Phi) is 4.39. The predicted octanol–water partition coefficient (Wildman–Crippen LogP) is 5.56. The molecule has 0 saturated carbocycles. The first-order chi connectivity index (χ1) is 13.0. The molecule has 1 aromatic carbocycles. The van der Waals surface area contributed by atoms with Crippen molar-refractivity contribution in [2.24, 2.45) is 4.99 Å². The van der Waals surface area contributed by atoms with E-state index < -0.39 is 4.92 Å². The molecule has 3 aromatic heterocycles. The SMILES string of the molecule is O=[N+]([O-])c1cc(/C=N/c2c(-c3ccco3)nc3ccccn23)c(Cl)cc1Cl. The van der Waals surface area contributed by atoms with Crippen molar-refractivity contribution in [1.82, 2.24) is 9.38 Å². The second-order valence-corrected chi connectivity index (χ2v) is 6.34. The van der Waals surface area contributed by atoms with E-state index in [-0.39, 0.29) is 15.7 Å². The third-order valence-electron chi connectivity index (χ3n) is 3.85. The van der Waals surface area contributed by atoms with Gasteiger partial charge in [0.25, 0.3) is 5.69 Å². The van der Waals surface area contributed by atoms with Crippen LogP contribution in [0.15, 0.2) is 64.3 Å². The quantitative estimate of drug-likeness (QED) is 0.255. The average molecular weight is 401 g/mol. The van der Waals surface area contributed by atoms with Crippen LogP contribution in [0.4, 0.5) is 11.5 Å². The van der Waals surface area contributed by atoms with E-state index in [9.17, 15) is 10.1 Å². The highest BCUT2D eigenvalue weighted by Crippen LogP contribution is 2.33. The lowest BCUT2D eigenvalue weighted by molar-refractivity contribution is -0.384. The van der Waals surface area contributed by atoms with Crippen LogP contribution in [0, 0.1) is 10.1 Å². The molecule has 4 rings (SSSR count). The maximum Gasteiger partial charge on any atom is 0.288 e. The molecule has 134 valence electrons. The van der Waals surface area contributed by atoms with Gasteiger partial charge in [0.2, 0.25) is 0 Å². The fraction of sp³-hybridized carbons (Fsp3) is 0. The van der Waals surface area contributed by atoms with Gasteiger partial charge in [-0.2, -0.15) is 0 Å². The smallest absolute Gasteiger partial charge is 0.288 e. The molecule has 0 aliphatic carbocycles. The lowest BCUT2D eigenvalue weighted by Crippen LogP contribution is -1.93. The number of hydrogen-bond acceptors (Lipinski definition) is 5. The van der Waals surface area contributed by atoms with Crippen molar-refractivity contribution in [3.63, 3.8) is 0 Å². The van der Waals surface area contributed by atoms with Crippen molar-refractivity contribution >= 4 is 46.6 Å². The lowest BCUT2D eigenvalue weighted by atomic mass is 10.2. The molecule has 0 fully saturated rings. The third kappa shape index (κ3) is 3.18. The van der Waals surface area contributed by atoms with E-state index in [1.165, 1.54) is 18.3 Å². The minimum absolute atomic E-state index is 0.0340. The van der Waals surface area contributed by atoms with Gasteiger partial charge < -0.3 is 4.42 Å². The minimum Gasteiger partial charge on any atom is -0.463 e. The van der Waals surface area contributed by atoms with Gasteiger partial charge in [-0.3, -0.25) is 14.5 Å². The number of nitro benzene ring substituents is 1. The zero-order valence-corrected chi connectivity index (χ0v) is 15.1. The summed E-state index contributed by atoms with van der Waals surface area (Å²) in [5.41, 5.74) is 1.35. The second-order valence-electron chi connectivity index (χ2n) is 5.53. The molecule has 0 unspecified atom stereocenters. The number of furan rings is 1. The maximum atomic E-state index is 11.1. The number of halogens is 2. The Labute approximate surface area is 162 Å². The molecule has 0 spiro atoms. The standard InChI is InChI=1S/C18H10Cl2N4O3/c19-12-9-13(20)14(24(25)26)8-11(12)10-21-18-17(15-4-3-7-27-15)22-16-5-1-2-6-23(16)18/h1-10H/b21-10+. The molecule has 0 amide bonds. The van der Waals surface area contributed by atoms with Gasteiger partial charge in [0.1, 0.15) is 10.7 Å². The van der Waals surface area contributed by atoms with E-state index in [0.29, 0.717) is 28.5 Å². The molecule has 0 aliphatic rings. The van der Waals surface area contributed by atoms with E-state index >= 15 is 0 Å². The Morgan fingerprint density at radius 2 is 2.04 bits per heavy atom. The summed E-state index contributed by atoms with van der Waals surface area (Å²) in [7, 11) is 0. The minimum atomic E-state index is -0.571. The second kappa shape index (κ2) is 6.86. The van der Waals surface area contributed by atoms with Gasteiger partial charge in [-0.25, -0.2) is 9.98 Å². The lowest BCUT2D eigenvalue weighted by Gasteiger charge is -2.01. The Morgan fingerprint density at radius 3 is 2.78 bits per heavy atom. The van der Waals surface area contributed by atoms with E-state index in [1.807, 2.05) is 24.4 Å². The van der Waals surface area contributed by atoms with Crippen LogP contribution in [0.1, 0.15) is 5.56 Å². The number of hydrogen-bond donors (Lipinski definition) is 0. The summed E-state index contributed by atoms with van der Waals surface area (Å²) < 4.78 is 7.23. The van der Waals surface area contributed by atoms with Crippen molar-refractivity contribution in [2.75, 3.05) is 0 Å². The fourth-order valence-corrected chi connectivity index (χ4v) is 3.11. The molecule has 0 aliphatic heterocycles. The number of nitrogens with zero attached hydrogens (tertiary/aromatic N) is 4. The summed E-state index contributed by atoms with van der Waals surface area (Å²) in [6.07, 6.45) is 4.80. The van der Waals surface area contributed by atoms with Gasteiger partial charge in [-0.05, 0) is 30.3 Å². The molecule has 0 N–H and O–H groups in total. The van der Waals surface area contributed by atoms with Crippen molar-refractivity contribution in [1.29, 1.82) is 0 Å². The molecule has 7 nitrogen and oxygen atoms in total. The molecule has 0 saturated heterocycles. The average Bonchev–Trinajstić information content (AvgIpc) is 3.28. The van der Waals surface area contributed by atoms with Crippen LogP contribution in [0.25, 0.3) is 17.1 Å². The van der Waals surface area contributed by atoms with Crippen molar-refractivity contribution < 1.29 is 9.34 Å². The molecule has 0 radical (unpaired) electrons. The van der Waals surface area contributed by atoms with Crippen molar-refractivity contribution in [3.05, 3.63) is 80.6 Å². The van der Waals surface area contributed by atoms with Gasteiger partial charge >= 0.3 is 0 Å². The normalized spacial score (nSPS) is 11.5. The van der Waals surface area contributed by atoms with Crippen molar-refractivity contribution in [3.8, 4) is 11.5 Å². The Hall–Kier alpha value is -3.16. The number of pyridine rings is 1. The molecular weight excluding hydrogens is 391 g/mol. The summed E-state index contributed by atoms with van der Waals surface area (Å²) in [5.74, 6) is 1.06. The van der Waals surface area contributed by atoms with Gasteiger partial charge in [0, 0.05) is 24.0 Å². The number of aromatic nitrogens is 2. The summed E-state index contributed by atoms with van der Waals surface area (Å²) in [4.78, 5) is 19.6. The largest absolute Gasteiger partial charge is 0.463 e. The molecule has 27 heavy (non-hydrogen) atoms. The van der Waals surface area contributed by atoms with Crippen LogP contribution >= 0.6 is 23.2 Å². The fourth-order valence-electron chi connectivity index (χ4n) is 2.61. The molecule has 9 heteroatoms. The van der Waals surface area contributed by atoms with E-state index in [2.05, 4.69) is 9.98 Å². The Balaban J connectivity index is 1.86. The molecule has 3 heterocycles. The van der Waals surface area contributed by atoms with Gasteiger partial charge in [0.05, 0.1) is 16.2 Å². The van der Waals surface area contributed by atoms with E-state index in [4.69, 9.17) is 27.6 Å². The van der Waals surface area contributed by atoms with Gasteiger partial charge in [0.15, 0.2) is 17.3 Å². The highest BCUT2D eigenvalue weighted by molar-refractivity contribution is 6.37. The number of fused-ring (bicyclic) bond motifs is 1. The number of nitro groups is 1. The highest BCUT2D eigenvalue weighted by Gasteiger charge is 2.17. The maximum absolute atomic E-state index is 11.1. The van der Waals surface area contributed by atoms with Crippen molar-refractivity contribution in [2.45, 2.75) is 0 Å². The topological polar surface area (TPSA) is 85.9 Å². The molecule has 0 bridgehead atoms. The highest BCUT2D eigenvalue weighted by atomic mass is 35.5. The first kappa shape index (κ1) is 17.3. The first-order valence-corrected chi connectivity index (χ1v) is 8.48. The monoisotopic (exact) mass is 400 g/mol. The van der Waals surface area contributed by atoms with Crippen LogP contribution < -0.4 is 0 Å². The van der Waals surface area contributed by atoms with Crippen LogP contribution in [0.3, 0.4) is 0 Å². The zero-order valence-electron chi connectivity index (χ0n) is 13.5. The third-order valence-corrected chi connectivity index (χ3v) is 4.48. The van der Waals surface area contributed by atoms with Gasteiger partial charge in [-0.1, -0.05) is 29.3 Å². The Bertz CT molecular complexity index is 1180. The van der Waals surface area contributed by atoms with E-state index in [1.54, 1.807) is 22.8 Å². The van der Waals surface area contributed by atoms with Crippen LogP contribution in [0.5, 0.6) is 0 Å². The molecule has 4 aromatic rings. The number of benzene rings is 1. The van der Waals surface area contributed by atoms with Crippen LogP contribution in [-0.4, -0.2) is 20.5 Å². The number of aliphatic imine (C=N–C) groups is 1.